The quantitative estimate of drug-likeness (QED) is 0.799. The van der Waals surface area contributed by atoms with Crippen molar-refractivity contribution in [1.29, 1.82) is 0 Å². The van der Waals surface area contributed by atoms with E-state index in [1.807, 2.05) is 29.2 Å². The Morgan fingerprint density at radius 2 is 1.85 bits per heavy atom. The summed E-state index contributed by atoms with van der Waals surface area (Å²) in [5.74, 6) is 1.28. The highest BCUT2D eigenvalue weighted by Gasteiger charge is 2.31. The van der Waals surface area contributed by atoms with E-state index in [0.29, 0.717) is 19.6 Å². The second kappa shape index (κ2) is 10.5. The van der Waals surface area contributed by atoms with Crippen molar-refractivity contribution in [2.45, 2.75) is 32.2 Å². The molecule has 2 aliphatic rings. The molecule has 1 atom stereocenters. The van der Waals surface area contributed by atoms with Gasteiger partial charge >= 0.3 is 0 Å². The lowest BCUT2D eigenvalue weighted by Crippen LogP contribution is -2.47. The number of halogens is 1. The summed E-state index contributed by atoms with van der Waals surface area (Å²) < 4.78 is 5.14. The van der Waals surface area contributed by atoms with Crippen LogP contribution in [0.5, 0.6) is 5.75 Å². The summed E-state index contributed by atoms with van der Waals surface area (Å²) in [5.41, 5.74) is 1.05. The number of piperidine rings is 2. The Kier molecular flexibility index (Phi) is 8.38. The van der Waals surface area contributed by atoms with Crippen LogP contribution in [-0.4, -0.2) is 50.0 Å². The van der Waals surface area contributed by atoms with E-state index in [4.69, 9.17) is 4.74 Å². The van der Waals surface area contributed by atoms with Crippen LogP contribution in [0.2, 0.25) is 0 Å². The zero-order chi connectivity index (χ0) is 18.4. The van der Waals surface area contributed by atoms with Crippen molar-refractivity contribution in [2.75, 3.05) is 33.3 Å². The van der Waals surface area contributed by atoms with Gasteiger partial charge in [0.05, 0.1) is 13.0 Å². The van der Waals surface area contributed by atoms with Gasteiger partial charge in [0.1, 0.15) is 5.75 Å². The molecule has 2 amide bonds. The van der Waals surface area contributed by atoms with E-state index < -0.39 is 0 Å². The molecule has 2 N–H and O–H groups in total. The van der Waals surface area contributed by atoms with Gasteiger partial charge in [-0.05, 0) is 49.9 Å². The number of hydrogen-bond donors (Lipinski definition) is 2. The highest BCUT2D eigenvalue weighted by molar-refractivity contribution is 5.85. The summed E-state index contributed by atoms with van der Waals surface area (Å²) in [6, 6.07) is 7.70. The van der Waals surface area contributed by atoms with Crippen LogP contribution in [0.4, 0.5) is 0 Å². The van der Waals surface area contributed by atoms with E-state index >= 15 is 0 Å². The molecule has 6 nitrogen and oxygen atoms in total. The third-order valence-electron chi connectivity index (χ3n) is 5.45. The van der Waals surface area contributed by atoms with Crippen molar-refractivity contribution in [3.63, 3.8) is 0 Å². The molecule has 0 saturated carbocycles. The fraction of sp³-hybridized carbons (Fsp3) is 0.600. The maximum atomic E-state index is 12.6. The highest BCUT2D eigenvalue weighted by Crippen LogP contribution is 2.21. The molecular weight excluding hydrogens is 366 g/mol. The summed E-state index contributed by atoms with van der Waals surface area (Å²) in [4.78, 5) is 26.9. The van der Waals surface area contributed by atoms with Crippen molar-refractivity contribution in [1.82, 2.24) is 15.5 Å². The molecule has 0 aromatic heterocycles. The maximum absolute atomic E-state index is 12.6. The van der Waals surface area contributed by atoms with Gasteiger partial charge in [-0.15, -0.1) is 12.4 Å². The van der Waals surface area contributed by atoms with Crippen molar-refractivity contribution in [3.8, 4) is 5.75 Å². The summed E-state index contributed by atoms with van der Waals surface area (Å²) in [6.07, 6.45) is 3.55. The third-order valence-corrected chi connectivity index (χ3v) is 5.45. The van der Waals surface area contributed by atoms with Gasteiger partial charge in [-0.3, -0.25) is 9.59 Å². The van der Waals surface area contributed by atoms with Gasteiger partial charge in [0.15, 0.2) is 0 Å². The van der Waals surface area contributed by atoms with E-state index in [1.165, 1.54) is 0 Å². The number of carbonyl (C=O) groups is 2. The molecule has 0 bridgehead atoms. The largest absolute Gasteiger partial charge is 0.497 e. The molecule has 1 unspecified atom stereocenters. The fourth-order valence-corrected chi connectivity index (χ4v) is 3.76. The van der Waals surface area contributed by atoms with Gasteiger partial charge in [-0.1, -0.05) is 12.1 Å². The van der Waals surface area contributed by atoms with Gasteiger partial charge in [-0.2, -0.15) is 0 Å². The number of nitrogens with zero attached hydrogens (tertiary/aromatic N) is 1. The minimum absolute atomic E-state index is 0. The standard InChI is InChI=1S/C20H29N3O3.ClH/c1-26-18-6-4-15(5-7-18)13-22-19(24)16-8-11-23(12-9-16)20(25)17-3-2-10-21-14-17;/h4-7,16-17,21H,2-3,8-14H2,1H3,(H,22,24);1H. The number of carbonyl (C=O) groups excluding carboxylic acids is 2. The Balaban J connectivity index is 0.00000261. The van der Waals surface area contributed by atoms with Crippen molar-refractivity contribution in [3.05, 3.63) is 29.8 Å². The first-order chi connectivity index (χ1) is 12.7. The summed E-state index contributed by atoms with van der Waals surface area (Å²) in [7, 11) is 1.64. The normalized spacial score (nSPS) is 20.5. The van der Waals surface area contributed by atoms with Crippen LogP contribution in [0.1, 0.15) is 31.2 Å². The minimum Gasteiger partial charge on any atom is -0.497 e. The SMILES string of the molecule is COc1ccc(CNC(=O)C2CCN(C(=O)C3CCCNC3)CC2)cc1.Cl. The van der Waals surface area contributed by atoms with Crippen LogP contribution in [0.3, 0.4) is 0 Å². The second-order valence-electron chi connectivity index (χ2n) is 7.21. The molecule has 0 aliphatic carbocycles. The molecule has 0 spiro atoms. The predicted molar refractivity (Wildman–Crippen MR) is 107 cm³/mol. The fourth-order valence-electron chi connectivity index (χ4n) is 3.76. The first kappa shape index (κ1) is 21.5. The van der Waals surface area contributed by atoms with Gasteiger partial charge in [0.25, 0.3) is 0 Å². The second-order valence-corrected chi connectivity index (χ2v) is 7.21. The summed E-state index contributed by atoms with van der Waals surface area (Å²) >= 11 is 0. The van der Waals surface area contributed by atoms with Crippen LogP contribution in [0.15, 0.2) is 24.3 Å². The number of benzene rings is 1. The smallest absolute Gasteiger partial charge is 0.226 e. The molecule has 27 heavy (non-hydrogen) atoms. The zero-order valence-corrected chi connectivity index (χ0v) is 16.7. The summed E-state index contributed by atoms with van der Waals surface area (Å²) in [5, 5.41) is 6.32. The predicted octanol–water partition coefficient (Wildman–Crippen LogP) is 1.97. The van der Waals surface area contributed by atoms with Crippen molar-refractivity contribution < 1.29 is 14.3 Å². The molecule has 2 fully saturated rings. The maximum Gasteiger partial charge on any atom is 0.226 e. The average Bonchev–Trinajstić information content (AvgIpc) is 2.72. The van der Waals surface area contributed by atoms with Gasteiger partial charge in [0, 0.05) is 32.1 Å². The van der Waals surface area contributed by atoms with Crippen LogP contribution >= 0.6 is 12.4 Å². The number of rotatable bonds is 5. The van der Waals surface area contributed by atoms with Crippen LogP contribution in [0.25, 0.3) is 0 Å². The molecule has 1 aromatic carbocycles. The average molecular weight is 396 g/mol. The van der Waals surface area contributed by atoms with Gasteiger partial charge in [-0.25, -0.2) is 0 Å². The molecule has 150 valence electrons. The molecule has 0 radical (unpaired) electrons. The Morgan fingerprint density at radius 1 is 1.15 bits per heavy atom. The number of hydrogen-bond acceptors (Lipinski definition) is 4. The van der Waals surface area contributed by atoms with Crippen molar-refractivity contribution >= 4 is 24.2 Å². The van der Waals surface area contributed by atoms with E-state index in [-0.39, 0.29) is 36.1 Å². The monoisotopic (exact) mass is 395 g/mol. The number of nitrogens with one attached hydrogen (secondary N) is 2. The van der Waals surface area contributed by atoms with E-state index in [0.717, 1.165) is 50.1 Å². The number of likely N-dealkylation sites (tertiary alicyclic amines) is 1. The Hall–Kier alpha value is -1.79. The summed E-state index contributed by atoms with van der Waals surface area (Å²) in [6.45, 7) is 3.71. The highest BCUT2D eigenvalue weighted by atomic mass is 35.5. The van der Waals surface area contributed by atoms with Crippen molar-refractivity contribution in [2.24, 2.45) is 11.8 Å². The Labute approximate surface area is 167 Å². The number of methoxy groups -OCH3 is 1. The van der Waals surface area contributed by atoms with Crippen LogP contribution in [-0.2, 0) is 16.1 Å². The lowest BCUT2D eigenvalue weighted by atomic mass is 9.93. The molecule has 1 aromatic rings. The molecule has 2 aliphatic heterocycles. The topological polar surface area (TPSA) is 70.7 Å². The Bertz CT molecular complexity index is 609. The lowest BCUT2D eigenvalue weighted by Gasteiger charge is -2.34. The van der Waals surface area contributed by atoms with E-state index in [2.05, 4.69) is 10.6 Å². The minimum atomic E-state index is 0. The first-order valence-corrected chi connectivity index (χ1v) is 9.57. The van der Waals surface area contributed by atoms with E-state index in [1.54, 1.807) is 7.11 Å². The third kappa shape index (κ3) is 5.84. The lowest BCUT2D eigenvalue weighted by molar-refractivity contribution is -0.139. The van der Waals surface area contributed by atoms with Gasteiger partial charge < -0.3 is 20.3 Å². The molecule has 2 saturated heterocycles. The Morgan fingerprint density at radius 3 is 2.44 bits per heavy atom. The number of ether oxygens (including phenoxy) is 1. The van der Waals surface area contributed by atoms with Crippen LogP contribution < -0.4 is 15.4 Å². The number of amides is 2. The van der Waals surface area contributed by atoms with Crippen LogP contribution in [0, 0.1) is 11.8 Å². The van der Waals surface area contributed by atoms with E-state index in [9.17, 15) is 9.59 Å². The molecule has 3 rings (SSSR count). The first-order valence-electron chi connectivity index (χ1n) is 9.57. The zero-order valence-electron chi connectivity index (χ0n) is 15.9. The molecule has 2 heterocycles. The van der Waals surface area contributed by atoms with Gasteiger partial charge in [0.2, 0.25) is 11.8 Å². The molecular formula is C20H30ClN3O3. The molecule has 7 heteroatoms.